The third-order valence-electron chi connectivity index (χ3n) is 2.75. The van der Waals surface area contributed by atoms with Crippen LogP contribution in [0.5, 0.6) is 11.5 Å². The number of benzene rings is 1. The normalized spacial score (nSPS) is 10.6. The first kappa shape index (κ1) is 14.8. The van der Waals surface area contributed by atoms with Crippen molar-refractivity contribution in [2.75, 3.05) is 19.8 Å². The van der Waals surface area contributed by atoms with Crippen LogP contribution in [0.3, 0.4) is 0 Å². The largest absolute Gasteiger partial charge is 0.490 e. The van der Waals surface area contributed by atoms with Gasteiger partial charge in [-0.2, -0.15) is 0 Å². The molecule has 5 heteroatoms. The van der Waals surface area contributed by atoms with Crippen LogP contribution >= 0.6 is 11.3 Å². The SMILES string of the molecule is CCOc1ccc(-c2csc(CCN)n2)cc1OCC. The number of ether oxygens (including phenoxy) is 2. The van der Waals surface area contributed by atoms with Crippen molar-refractivity contribution in [2.24, 2.45) is 5.73 Å². The molecule has 0 radical (unpaired) electrons. The highest BCUT2D eigenvalue weighted by molar-refractivity contribution is 7.09. The predicted octanol–water partition coefficient (Wildman–Crippen LogP) is 3.11. The Balaban J connectivity index is 2.28. The summed E-state index contributed by atoms with van der Waals surface area (Å²) in [5.74, 6) is 1.54. The second-order valence-corrected chi connectivity index (χ2v) is 5.14. The van der Waals surface area contributed by atoms with Crippen LogP contribution in [0.25, 0.3) is 11.3 Å². The molecule has 0 unspecified atom stereocenters. The highest BCUT2D eigenvalue weighted by atomic mass is 32.1. The maximum absolute atomic E-state index is 5.64. The molecule has 0 spiro atoms. The van der Waals surface area contributed by atoms with Gasteiger partial charge in [-0.25, -0.2) is 4.98 Å². The molecule has 2 N–H and O–H groups in total. The van der Waals surface area contributed by atoms with Gasteiger partial charge in [0.05, 0.1) is 23.9 Å². The molecule has 0 aliphatic rings. The maximum Gasteiger partial charge on any atom is 0.161 e. The predicted molar refractivity (Wildman–Crippen MR) is 82.6 cm³/mol. The van der Waals surface area contributed by atoms with Crippen LogP contribution in [0, 0.1) is 0 Å². The van der Waals surface area contributed by atoms with Crippen molar-refractivity contribution in [1.29, 1.82) is 0 Å². The Morgan fingerprint density at radius 2 is 1.90 bits per heavy atom. The van der Waals surface area contributed by atoms with Crippen LogP contribution in [-0.4, -0.2) is 24.7 Å². The topological polar surface area (TPSA) is 57.4 Å². The van der Waals surface area contributed by atoms with E-state index in [2.05, 4.69) is 10.4 Å². The lowest BCUT2D eigenvalue weighted by Crippen LogP contribution is -2.02. The Bertz CT molecular complexity index is 555. The van der Waals surface area contributed by atoms with E-state index in [4.69, 9.17) is 15.2 Å². The Morgan fingerprint density at radius 1 is 1.15 bits per heavy atom. The zero-order chi connectivity index (χ0) is 14.4. The number of nitrogens with zero attached hydrogens (tertiary/aromatic N) is 1. The number of nitrogens with two attached hydrogens (primary N) is 1. The van der Waals surface area contributed by atoms with Gasteiger partial charge < -0.3 is 15.2 Å². The van der Waals surface area contributed by atoms with Crippen molar-refractivity contribution in [1.82, 2.24) is 4.98 Å². The minimum atomic E-state index is 0.610. The molecule has 2 rings (SSSR count). The molecule has 0 amide bonds. The molecule has 0 aliphatic heterocycles. The zero-order valence-corrected chi connectivity index (χ0v) is 12.7. The fourth-order valence-corrected chi connectivity index (χ4v) is 2.72. The van der Waals surface area contributed by atoms with Crippen LogP contribution in [-0.2, 0) is 6.42 Å². The summed E-state index contributed by atoms with van der Waals surface area (Å²) in [6.07, 6.45) is 0.819. The molecule has 108 valence electrons. The van der Waals surface area contributed by atoms with E-state index in [0.29, 0.717) is 19.8 Å². The summed E-state index contributed by atoms with van der Waals surface area (Å²) in [6.45, 7) is 5.78. The molecule has 4 nitrogen and oxygen atoms in total. The van der Waals surface area contributed by atoms with Crippen LogP contribution in [0.15, 0.2) is 23.6 Å². The molecule has 0 aliphatic carbocycles. The Hall–Kier alpha value is -1.59. The lowest BCUT2D eigenvalue weighted by atomic mass is 10.1. The summed E-state index contributed by atoms with van der Waals surface area (Å²) >= 11 is 1.64. The minimum absolute atomic E-state index is 0.610. The van der Waals surface area contributed by atoms with E-state index in [1.807, 2.05) is 32.0 Å². The summed E-state index contributed by atoms with van der Waals surface area (Å²) in [7, 11) is 0. The van der Waals surface area contributed by atoms with E-state index < -0.39 is 0 Å². The van der Waals surface area contributed by atoms with Crippen LogP contribution in [0.1, 0.15) is 18.9 Å². The summed E-state index contributed by atoms with van der Waals surface area (Å²) in [5, 5.41) is 3.12. The van der Waals surface area contributed by atoms with Crippen LogP contribution in [0.4, 0.5) is 0 Å². The number of hydrogen-bond donors (Lipinski definition) is 1. The fraction of sp³-hybridized carbons (Fsp3) is 0.400. The lowest BCUT2D eigenvalue weighted by molar-refractivity contribution is 0.288. The molecule has 0 fully saturated rings. The van der Waals surface area contributed by atoms with Crippen molar-refractivity contribution in [2.45, 2.75) is 20.3 Å². The Morgan fingerprint density at radius 3 is 2.60 bits per heavy atom. The van der Waals surface area contributed by atoms with Crippen molar-refractivity contribution in [3.8, 4) is 22.8 Å². The summed E-state index contributed by atoms with van der Waals surface area (Å²) in [5.41, 5.74) is 7.55. The van der Waals surface area contributed by atoms with Gasteiger partial charge in [-0.3, -0.25) is 0 Å². The summed E-state index contributed by atoms with van der Waals surface area (Å²) < 4.78 is 11.2. The van der Waals surface area contributed by atoms with Gasteiger partial charge in [0.15, 0.2) is 11.5 Å². The number of thiazole rings is 1. The third kappa shape index (κ3) is 3.49. The number of hydrogen-bond acceptors (Lipinski definition) is 5. The number of rotatable bonds is 7. The molecular weight excluding hydrogens is 272 g/mol. The fourth-order valence-electron chi connectivity index (χ4n) is 1.89. The van der Waals surface area contributed by atoms with E-state index in [1.165, 1.54) is 0 Å². The van der Waals surface area contributed by atoms with E-state index in [-0.39, 0.29) is 0 Å². The second kappa shape index (κ2) is 7.26. The monoisotopic (exact) mass is 292 g/mol. The summed E-state index contributed by atoms with van der Waals surface area (Å²) in [4.78, 5) is 4.59. The van der Waals surface area contributed by atoms with Crippen LogP contribution in [0.2, 0.25) is 0 Å². The summed E-state index contributed by atoms with van der Waals surface area (Å²) in [6, 6.07) is 5.93. The Labute approximate surface area is 123 Å². The van der Waals surface area contributed by atoms with Gasteiger partial charge >= 0.3 is 0 Å². The van der Waals surface area contributed by atoms with Gasteiger partial charge in [-0.1, -0.05) is 0 Å². The molecular formula is C15H20N2O2S. The first-order valence-electron chi connectivity index (χ1n) is 6.83. The first-order valence-corrected chi connectivity index (χ1v) is 7.71. The van der Waals surface area contributed by atoms with E-state index in [0.717, 1.165) is 34.2 Å². The highest BCUT2D eigenvalue weighted by Gasteiger charge is 2.10. The van der Waals surface area contributed by atoms with E-state index >= 15 is 0 Å². The molecule has 0 atom stereocenters. The quantitative estimate of drug-likeness (QED) is 0.852. The third-order valence-corrected chi connectivity index (χ3v) is 3.66. The Kier molecular flexibility index (Phi) is 5.38. The van der Waals surface area contributed by atoms with E-state index in [9.17, 15) is 0 Å². The van der Waals surface area contributed by atoms with Gasteiger partial charge in [0.25, 0.3) is 0 Å². The standard InChI is InChI=1S/C15H20N2O2S/c1-3-18-13-6-5-11(9-14(13)19-4-2)12-10-20-15(17-12)7-8-16/h5-6,9-10H,3-4,7-8,16H2,1-2H3. The first-order chi connectivity index (χ1) is 9.78. The van der Waals surface area contributed by atoms with E-state index in [1.54, 1.807) is 11.3 Å². The molecule has 0 bridgehead atoms. The van der Waals surface area contributed by atoms with Crippen molar-refractivity contribution >= 4 is 11.3 Å². The molecule has 1 aromatic carbocycles. The average Bonchev–Trinajstić information content (AvgIpc) is 2.90. The van der Waals surface area contributed by atoms with Crippen molar-refractivity contribution in [3.63, 3.8) is 0 Å². The van der Waals surface area contributed by atoms with Gasteiger partial charge in [-0.05, 0) is 38.6 Å². The smallest absolute Gasteiger partial charge is 0.161 e. The van der Waals surface area contributed by atoms with Crippen molar-refractivity contribution in [3.05, 3.63) is 28.6 Å². The second-order valence-electron chi connectivity index (χ2n) is 4.19. The van der Waals surface area contributed by atoms with Gasteiger partial charge in [0.2, 0.25) is 0 Å². The molecule has 1 heterocycles. The van der Waals surface area contributed by atoms with Gasteiger partial charge in [0.1, 0.15) is 0 Å². The zero-order valence-electron chi connectivity index (χ0n) is 11.9. The minimum Gasteiger partial charge on any atom is -0.490 e. The molecule has 0 saturated heterocycles. The highest BCUT2D eigenvalue weighted by Crippen LogP contribution is 2.33. The number of aromatic nitrogens is 1. The lowest BCUT2D eigenvalue weighted by Gasteiger charge is -2.11. The van der Waals surface area contributed by atoms with Crippen LogP contribution < -0.4 is 15.2 Å². The van der Waals surface area contributed by atoms with Gasteiger partial charge in [0, 0.05) is 17.4 Å². The molecule has 1 aromatic heterocycles. The maximum atomic E-state index is 5.64. The van der Waals surface area contributed by atoms with Gasteiger partial charge in [-0.15, -0.1) is 11.3 Å². The average molecular weight is 292 g/mol. The molecule has 20 heavy (non-hydrogen) atoms. The molecule has 0 saturated carbocycles. The van der Waals surface area contributed by atoms with Crippen molar-refractivity contribution < 1.29 is 9.47 Å². The molecule has 2 aromatic rings.